The Morgan fingerprint density at radius 1 is 1.16 bits per heavy atom. The average Bonchev–Trinajstić information content (AvgIpc) is 3.75. The van der Waals surface area contributed by atoms with E-state index in [9.17, 15) is 19.1 Å². The van der Waals surface area contributed by atoms with Crippen LogP contribution in [0.25, 0.3) is 16.9 Å². The molecule has 0 saturated heterocycles. The van der Waals surface area contributed by atoms with Gasteiger partial charge in [-0.05, 0) is 95.0 Å². The lowest BCUT2D eigenvalue weighted by Gasteiger charge is -2.28. The van der Waals surface area contributed by atoms with Crippen LogP contribution in [0.4, 0.5) is 8.78 Å². The minimum atomic E-state index is -1.47. The van der Waals surface area contributed by atoms with E-state index in [4.69, 9.17) is 9.47 Å². The summed E-state index contributed by atoms with van der Waals surface area (Å²) in [6.07, 6.45) is 1.74. The molecule has 1 amide bonds. The highest BCUT2D eigenvalue weighted by atomic mass is 19.1. The molecule has 9 nitrogen and oxygen atoms in total. The van der Waals surface area contributed by atoms with Crippen LogP contribution in [0.3, 0.4) is 0 Å². The second-order valence-corrected chi connectivity index (χ2v) is 12.8. The Balaban J connectivity index is 1.47. The van der Waals surface area contributed by atoms with Crippen LogP contribution in [-0.2, 0) is 22.5 Å². The Morgan fingerprint density at radius 3 is 2.60 bits per heavy atom. The minimum Gasteiger partial charge on any atom is -0.490 e. The number of nitrogens with zero attached hydrogens (tertiary/aromatic N) is 3. The van der Waals surface area contributed by atoms with E-state index in [0.29, 0.717) is 47.4 Å². The van der Waals surface area contributed by atoms with Crippen molar-refractivity contribution < 1.29 is 33.0 Å². The van der Waals surface area contributed by atoms with Gasteiger partial charge in [0.2, 0.25) is 0 Å². The smallest absolute Gasteiger partial charge is 0.337 e. The molecule has 1 fully saturated rings. The molecule has 0 radical (unpaired) electrons. The lowest BCUT2D eigenvalue weighted by atomic mass is 9.91. The largest absolute Gasteiger partial charge is 0.490 e. The molecule has 1 atom stereocenters. The third-order valence-corrected chi connectivity index (χ3v) is 8.24. The molecule has 1 unspecified atom stereocenters. The van der Waals surface area contributed by atoms with Gasteiger partial charge in [-0.3, -0.25) is 4.79 Å². The number of hydrogen-bond donors (Lipinski definition) is 2. The fourth-order valence-corrected chi connectivity index (χ4v) is 5.99. The first-order valence-corrected chi connectivity index (χ1v) is 15.1. The van der Waals surface area contributed by atoms with Crippen LogP contribution in [0.5, 0.6) is 5.75 Å². The lowest BCUT2D eigenvalue weighted by Crippen LogP contribution is -2.29. The van der Waals surface area contributed by atoms with Crippen molar-refractivity contribution in [3.8, 4) is 17.0 Å². The molecular weight excluding hydrogens is 582 g/mol. The number of rotatable bonds is 8. The zero-order valence-corrected chi connectivity index (χ0v) is 26.0. The normalized spacial score (nSPS) is 15.4. The quantitative estimate of drug-likeness (QED) is 0.236. The number of benzene rings is 2. The van der Waals surface area contributed by atoms with E-state index in [-0.39, 0.29) is 46.6 Å². The Hall–Kier alpha value is -4.38. The zero-order valence-electron chi connectivity index (χ0n) is 26.0. The maximum Gasteiger partial charge on any atom is 0.337 e. The fraction of sp³-hybridized carbons (Fsp3) is 0.412. The van der Waals surface area contributed by atoms with Crippen LogP contribution in [0.2, 0.25) is 0 Å². The van der Waals surface area contributed by atoms with Crippen LogP contribution in [0.15, 0.2) is 30.3 Å². The predicted octanol–water partition coefficient (Wildman–Crippen LogP) is 6.36. The Bertz CT molecular complexity index is 1840. The monoisotopic (exact) mass is 618 g/mol. The van der Waals surface area contributed by atoms with Crippen molar-refractivity contribution in [3.63, 3.8) is 0 Å². The maximum atomic E-state index is 15.6. The summed E-state index contributed by atoms with van der Waals surface area (Å²) in [4.78, 5) is 30.7. The first-order valence-electron chi connectivity index (χ1n) is 15.1. The predicted molar refractivity (Wildman–Crippen MR) is 162 cm³/mol. The van der Waals surface area contributed by atoms with Crippen LogP contribution in [0.1, 0.15) is 96.1 Å². The van der Waals surface area contributed by atoms with Gasteiger partial charge in [-0.2, -0.15) is 5.10 Å². The van der Waals surface area contributed by atoms with E-state index in [2.05, 4.69) is 15.4 Å². The molecule has 0 bridgehead atoms. The topological polar surface area (TPSA) is 115 Å². The molecule has 1 saturated carbocycles. The molecule has 1 aliphatic carbocycles. The number of carboxylic acid groups (broad SMARTS) is 1. The van der Waals surface area contributed by atoms with Crippen molar-refractivity contribution in [1.82, 2.24) is 19.9 Å². The van der Waals surface area contributed by atoms with E-state index in [1.54, 1.807) is 39.8 Å². The number of aromatic nitrogens is 3. The van der Waals surface area contributed by atoms with Crippen molar-refractivity contribution in [2.75, 3.05) is 6.61 Å². The summed E-state index contributed by atoms with van der Waals surface area (Å²) < 4.78 is 42.9. The highest BCUT2D eigenvalue weighted by Crippen LogP contribution is 2.42. The minimum absolute atomic E-state index is 0.0351. The highest BCUT2D eigenvalue weighted by Gasteiger charge is 2.35. The highest BCUT2D eigenvalue weighted by molar-refractivity contribution is 5.93. The van der Waals surface area contributed by atoms with Crippen molar-refractivity contribution in [1.29, 1.82) is 0 Å². The molecule has 3 heterocycles. The van der Waals surface area contributed by atoms with Gasteiger partial charge in [0, 0.05) is 35.0 Å². The number of halogens is 2. The lowest BCUT2D eigenvalue weighted by molar-refractivity contribution is -0.160. The number of nitrogens with one attached hydrogen (secondary N) is 1. The zero-order chi connectivity index (χ0) is 32.2. The number of carbonyl (C=O) groups excluding carboxylic acids is 1. The number of hydrogen-bond acceptors (Lipinski definition) is 6. The second-order valence-electron chi connectivity index (χ2n) is 12.8. The van der Waals surface area contributed by atoms with Crippen LogP contribution >= 0.6 is 0 Å². The van der Waals surface area contributed by atoms with Crippen molar-refractivity contribution in [2.45, 2.75) is 84.5 Å². The summed E-state index contributed by atoms with van der Waals surface area (Å²) in [5.74, 6) is -2.14. The van der Waals surface area contributed by atoms with E-state index >= 15 is 4.39 Å². The number of aryl methyl sites for hydroxylation is 1. The molecule has 11 heteroatoms. The SMILES string of the molecule is Cc1nc2cc(C(=O)NCc3ccc(F)c(C4CC4)c3)nn2c(-c2cc(F)c3c(c2C)CCCO3)c1C(OC(C)(C)C)C(=O)O. The van der Waals surface area contributed by atoms with Gasteiger partial charge in [0.25, 0.3) is 5.91 Å². The van der Waals surface area contributed by atoms with Gasteiger partial charge in [0.1, 0.15) is 5.82 Å². The summed E-state index contributed by atoms with van der Waals surface area (Å²) in [6, 6.07) is 7.66. The molecule has 2 N–H and O–H groups in total. The summed E-state index contributed by atoms with van der Waals surface area (Å²) >= 11 is 0. The van der Waals surface area contributed by atoms with E-state index in [1.807, 2.05) is 6.92 Å². The summed E-state index contributed by atoms with van der Waals surface area (Å²) in [5, 5.41) is 17.8. The maximum absolute atomic E-state index is 15.6. The fourth-order valence-electron chi connectivity index (χ4n) is 5.99. The van der Waals surface area contributed by atoms with Gasteiger partial charge >= 0.3 is 5.97 Å². The van der Waals surface area contributed by atoms with Crippen LogP contribution in [0, 0.1) is 25.5 Å². The third-order valence-electron chi connectivity index (χ3n) is 8.24. The van der Waals surface area contributed by atoms with Gasteiger partial charge in [0.05, 0.1) is 17.9 Å². The Morgan fingerprint density at radius 2 is 1.91 bits per heavy atom. The van der Waals surface area contributed by atoms with Crippen LogP contribution in [-0.4, -0.2) is 43.8 Å². The molecule has 45 heavy (non-hydrogen) atoms. The molecule has 4 aromatic rings. The third kappa shape index (κ3) is 6.01. The second kappa shape index (κ2) is 11.5. The molecular formula is C34H36F2N4O5. The number of fused-ring (bicyclic) bond motifs is 2. The first kappa shape index (κ1) is 30.6. The van der Waals surface area contributed by atoms with E-state index < -0.39 is 29.4 Å². The number of carbonyl (C=O) groups is 2. The summed E-state index contributed by atoms with van der Waals surface area (Å²) in [5.41, 5.74) is 3.52. The van der Waals surface area contributed by atoms with E-state index in [0.717, 1.165) is 18.4 Å². The number of aliphatic carboxylic acids is 1. The number of amides is 1. The van der Waals surface area contributed by atoms with Gasteiger partial charge in [-0.25, -0.2) is 23.1 Å². The van der Waals surface area contributed by atoms with Gasteiger partial charge < -0.3 is 19.9 Å². The number of ether oxygens (including phenoxy) is 2. The molecule has 2 aliphatic rings. The number of carboxylic acids is 1. The van der Waals surface area contributed by atoms with Crippen LogP contribution < -0.4 is 10.1 Å². The van der Waals surface area contributed by atoms with Crippen molar-refractivity contribution >= 4 is 17.5 Å². The van der Waals surface area contributed by atoms with Gasteiger partial charge in [-0.1, -0.05) is 12.1 Å². The molecule has 1 aliphatic heterocycles. The Labute approximate surface area is 259 Å². The molecule has 6 rings (SSSR count). The van der Waals surface area contributed by atoms with Crippen molar-refractivity contribution in [2.24, 2.45) is 0 Å². The van der Waals surface area contributed by atoms with Crippen molar-refractivity contribution in [3.05, 3.63) is 81.2 Å². The molecule has 236 valence electrons. The standard InChI is InChI=1S/C34H36F2N4O5/c1-17-21-7-6-12-44-30(21)25(36)14-22(17)29-28(31(33(42)43)45-34(3,4)5)18(2)38-27-15-26(39-40(27)29)32(41)37-16-19-8-11-24(35)23(13-19)20-9-10-20/h8,11,13-15,20,31H,6-7,9-10,12,16H2,1-5H3,(H,37,41)(H,42,43). The van der Waals surface area contributed by atoms with Gasteiger partial charge in [-0.15, -0.1) is 0 Å². The molecule has 0 spiro atoms. The Kier molecular flexibility index (Phi) is 7.84. The van der Waals surface area contributed by atoms with Gasteiger partial charge in [0.15, 0.2) is 29.0 Å². The summed E-state index contributed by atoms with van der Waals surface area (Å²) in [7, 11) is 0. The summed E-state index contributed by atoms with van der Waals surface area (Å²) in [6.45, 7) is 9.30. The molecule has 2 aromatic carbocycles. The molecule has 2 aromatic heterocycles. The average molecular weight is 619 g/mol. The van der Waals surface area contributed by atoms with E-state index in [1.165, 1.54) is 22.7 Å². The first-order chi connectivity index (χ1) is 21.3.